The number of ether oxygens (including phenoxy) is 1. The van der Waals surface area contributed by atoms with Crippen molar-refractivity contribution in [3.8, 4) is 0 Å². The van der Waals surface area contributed by atoms with Gasteiger partial charge in [0.15, 0.2) is 0 Å². The molecule has 0 aromatic heterocycles. The molecule has 0 saturated carbocycles. The predicted octanol–water partition coefficient (Wildman–Crippen LogP) is 1.93. The third kappa shape index (κ3) is 2.94. The van der Waals surface area contributed by atoms with Gasteiger partial charge in [-0.3, -0.25) is 5.01 Å². The molecule has 1 atom stereocenters. The van der Waals surface area contributed by atoms with Crippen LogP contribution >= 0.6 is 15.9 Å². The molecule has 0 radical (unpaired) electrons. The fraction of sp³-hybridized carbons (Fsp3) is 0.385. The van der Waals surface area contributed by atoms with Gasteiger partial charge in [0.25, 0.3) is 0 Å². The van der Waals surface area contributed by atoms with E-state index in [0.717, 1.165) is 16.6 Å². The van der Waals surface area contributed by atoms with Gasteiger partial charge in [-0.15, -0.1) is 5.10 Å². The van der Waals surface area contributed by atoms with Crippen LogP contribution in [-0.2, 0) is 9.53 Å². The van der Waals surface area contributed by atoms with E-state index in [2.05, 4.69) is 33.4 Å². The Balaban J connectivity index is 2.38. The molecule has 1 aliphatic heterocycles. The average molecular weight is 341 g/mol. The topological polar surface area (TPSA) is 57.2 Å². The van der Waals surface area contributed by atoms with Gasteiger partial charge in [0.2, 0.25) is 5.84 Å². The number of likely N-dealkylation sites (N-methyl/N-ethyl adjacent to an activating group) is 1. The molecule has 1 unspecified atom stereocenters. The average Bonchev–Trinajstić information content (AvgIpc) is 2.47. The number of methoxy groups -OCH3 is 1. The first-order valence-corrected chi connectivity index (χ1v) is 7.07. The molecule has 7 heteroatoms. The lowest BCUT2D eigenvalue weighted by Crippen LogP contribution is -2.59. The quantitative estimate of drug-likeness (QED) is 0.852. The lowest BCUT2D eigenvalue weighted by atomic mass is 10.2. The zero-order valence-corrected chi connectivity index (χ0v) is 13.2. The Labute approximate surface area is 126 Å². The Hall–Kier alpha value is -1.60. The van der Waals surface area contributed by atoms with Crippen LogP contribution in [0, 0.1) is 0 Å². The number of nitrogens with one attached hydrogen (secondary N) is 1. The van der Waals surface area contributed by atoms with E-state index in [1.165, 1.54) is 7.11 Å². The highest BCUT2D eigenvalue weighted by molar-refractivity contribution is 9.10. The first kappa shape index (κ1) is 14.8. The van der Waals surface area contributed by atoms with E-state index in [4.69, 9.17) is 4.74 Å². The van der Waals surface area contributed by atoms with Crippen LogP contribution in [0.25, 0.3) is 0 Å². The number of hydrogen-bond acceptors (Lipinski definition) is 6. The Morgan fingerprint density at radius 3 is 2.65 bits per heavy atom. The number of hydrazone groups is 1. The molecule has 108 valence electrons. The van der Waals surface area contributed by atoms with Crippen molar-refractivity contribution in [3.05, 3.63) is 28.7 Å². The maximum absolute atomic E-state index is 11.7. The van der Waals surface area contributed by atoms with Gasteiger partial charge in [0.05, 0.1) is 12.8 Å². The minimum atomic E-state index is -0.475. The summed E-state index contributed by atoms with van der Waals surface area (Å²) in [5, 5.41) is 7.79. The van der Waals surface area contributed by atoms with E-state index in [9.17, 15) is 4.79 Å². The summed E-state index contributed by atoms with van der Waals surface area (Å²) in [4.78, 5) is 11.7. The van der Waals surface area contributed by atoms with Crippen molar-refractivity contribution in [2.45, 2.75) is 19.5 Å². The highest BCUT2D eigenvalue weighted by Gasteiger charge is 2.30. The van der Waals surface area contributed by atoms with Crippen molar-refractivity contribution in [3.63, 3.8) is 0 Å². The zero-order chi connectivity index (χ0) is 14.7. The summed E-state index contributed by atoms with van der Waals surface area (Å²) < 4.78 is 5.74. The number of rotatable bonds is 3. The van der Waals surface area contributed by atoms with Gasteiger partial charge >= 0.3 is 5.97 Å². The number of anilines is 1. The minimum absolute atomic E-state index is 0.0189. The molecular weight excluding hydrogens is 324 g/mol. The highest BCUT2D eigenvalue weighted by atomic mass is 79.9. The largest absolute Gasteiger partial charge is 0.463 e. The van der Waals surface area contributed by atoms with E-state index in [0.29, 0.717) is 0 Å². The van der Waals surface area contributed by atoms with Gasteiger partial charge in [-0.1, -0.05) is 22.9 Å². The van der Waals surface area contributed by atoms with Crippen molar-refractivity contribution < 1.29 is 9.53 Å². The number of nitrogens with zero attached hydrogens (tertiary/aromatic N) is 3. The second-order valence-corrected chi connectivity index (χ2v) is 5.26. The summed E-state index contributed by atoms with van der Waals surface area (Å²) in [6.45, 7) is 2.05. The van der Waals surface area contributed by atoms with Crippen LogP contribution in [0.5, 0.6) is 0 Å². The first-order chi connectivity index (χ1) is 9.56. The number of halogens is 1. The van der Waals surface area contributed by atoms with Crippen LogP contribution in [0.1, 0.15) is 13.3 Å². The highest BCUT2D eigenvalue weighted by Crippen LogP contribution is 2.23. The Morgan fingerprint density at radius 2 is 2.10 bits per heavy atom. The van der Waals surface area contributed by atoms with Crippen LogP contribution in [-0.4, -0.2) is 37.1 Å². The molecule has 1 aromatic carbocycles. The molecule has 0 aliphatic carbocycles. The summed E-state index contributed by atoms with van der Waals surface area (Å²) in [5.41, 5.74) is 4.12. The summed E-state index contributed by atoms with van der Waals surface area (Å²) in [6, 6.07) is 7.76. The Morgan fingerprint density at radius 1 is 1.45 bits per heavy atom. The second kappa shape index (κ2) is 6.23. The molecule has 1 N–H and O–H groups in total. The van der Waals surface area contributed by atoms with Crippen molar-refractivity contribution in [1.82, 2.24) is 10.4 Å². The minimum Gasteiger partial charge on any atom is -0.463 e. The molecule has 6 nitrogen and oxygen atoms in total. The molecule has 0 spiro atoms. The molecule has 20 heavy (non-hydrogen) atoms. The van der Waals surface area contributed by atoms with Gasteiger partial charge in [-0.25, -0.2) is 15.2 Å². The van der Waals surface area contributed by atoms with Crippen molar-refractivity contribution in [2.75, 3.05) is 19.2 Å². The molecule has 1 aromatic rings. The Kier molecular flexibility index (Phi) is 4.61. The standard InChI is InChI=1S/C13H17BrN4O2/c1-4-11-15-17(2)12(13(19)20-3)16-18(11)10-7-5-9(14)6-8-10/h5-8,11,15H,4H2,1-3H3. The van der Waals surface area contributed by atoms with E-state index in [-0.39, 0.29) is 12.0 Å². The molecule has 1 heterocycles. The fourth-order valence-corrected chi connectivity index (χ4v) is 2.21. The molecule has 2 rings (SSSR count). The molecule has 0 amide bonds. The maximum atomic E-state index is 11.7. The summed E-state index contributed by atoms with van der Waals surface area (Å²) in [5.74, 6) is -0.253. The number of esters is 1. The molecule has 0 saturated heterocycles. The normalized spacial score (nSPS) is 18.8. The smallest absolute Gasteiger partial charge is 0.377 e. The number of carbonyl (C=O) groups excluding carboxylic acids is 1. The molecule has 0 bridgehead atoms. The summed E-state index contributed by atoms with van der Waals surface area (Å²) in [7, 11) is 3.09. The number of amidine groups is 1. The van der Waals surface area contributed by atoms with Crippen LogP contribution in [0.3, 0.4) is 0 Å². The Bertz CT molecular complexity index is 518. The van der Waals surface area contributed by atoms with E-state index in [1.54, 1.807) is 17.1 Å². The molecule has 1 aliphatic rings. The van der Waals surface area contributed by atoms with E-state index in [1.807, 2.05) is 24.3 Å². The van der Waals surface area contributed by atoms with Crippen LogP contribution in [0.4, 0.5) is 5.69 Å². The number of carbonyl (C=O) groups is 1. The van der Waals surface area contributed by atoms with Crippen LogP contribution in [0.15, 0.2) is 33.8 Å². The lowest BCUT2D eigenvalue weighted by molar-refractivity contribution is -0.133. The van der Waals surface area contributed by atoms with Gasteiger partial charge in [0, 0.05) is 11.5 Å². The molecular formula is C13H17BrN4O2. The SMILES string of the molecule is CCC1NN(C)C(C(=O)OC)=NN1c1ccc(Br)cc1. The van der Waals surface area contributed by atoms with Crippen molar-refractivity contribution >= 4 is 33.4 Å². The zero-order valence-electron chi connectivity index (χ0n) is 11.6. The number of benzene rings is 1. The van der Waals surface area contributed by atoms with Crippen molar-refractivity contribution in [2.24, 2.45) is 5.10 Å². The number of hydrazine groups is 1. The fourth-order valence-electron chi connectivity index (χ4n) is 1.94. The van der Waals surface area contributed by atoms with Gasteiger partial charge in [0.1, 0.15) is 6.17 Å². The van der Waals surface area contributed by atoms with Gasteiger partial charge < -0.3 is 4.74 Å². The van der Waals surface area contributed by atoms with Crippen molar-refractivity contribution in [1.29, 1.82) is 0 Å². The summed E-state index contributed by atoms with van der Waals surface area (Å²) in [6.07, 6.45) is 0.813. The second-order valence-electron chi connectivity index (χ2n) is 4.35. The third-order valence-electron chi connectivity index (χ3n) is 3.00. The molecule has 0 fully saturated rings. The van der Waals surface area contributed by atoms with Crippen LogP contribution < -0.4 is 10.4 Å². The maximum Gasteiger partial charge on any atom is 0.377 e. The number of hydrogen-bond donors (Lipinski definition) is 1. The first-order valence-electron chi connectivity index (χ1n) is 6.28. The van der Waals surface area contributed by atoms with Gasteiger partial charge in [-0.05, 0) is 30.7 Å². The van der Waals surface area contributed by atoms with Gasteiger partial charge in [-0.2, -0.15) is 0 Å². The third-order valence-corrected chi connectivity index (χ3v) is 3.53. The predicted molar refractivity (Wildman–Crippen MR) is 81.0 cm³/mol. The van der Waals surface area contributed by atoms with E-state index < -0.39 is 5.97 Å². The van der Waals surface area contributed by atoms with Crippen LogP contribution in [0.2, 0.25) is 0 Å². The lowest BCUT2D eigenvalue weighted by Gasteiger charge is -2.38. The monoisotopic (exact) mass is 340 g/mol. The summed E-state index contributed by atoms with van der Waals surface area (Å²) >= 11 is 3.41. The van der Waals surface area contributed by atoms with E-state index >= 15 is 0 Å².